The Morgan fingerprint density at radius 3 is 2.64 bits per heavy atom. The maximum Gasteiger partial charge on any atom is 0.301 e. The van der Waals surface area contributed by atoms with Gasteiger partial charge < -0.3 is 9.47 Å². The molecule has 1 aliphatic heterocycles. The maximum atomic E-state index is 12.5. The molecule has 0 spiro atoms. The SMILES string of the molecule is FCC(F)(F)C1CCOCO1. The van der Waals surface area contributed by atoms with Crippen molar-refractivity contribution in [2.45, 2.75) is 18.4 Å². The Balaban J connectivity index is 2.43. The number of ether oxygens (including phenoxy) is 2. The van der Waals surface area contributed by atoms with E-state index in [9.17, 15) is 13.2 Å². The molecule has 2 nitrogen and oxygen atoms in total. The maximum absolute atomic E-state index is 12.5. The van der Waals surface area contributed by atoms with Gasteiger partial charge in [-0.05, 0) is 0 Å². The molecule has 0 aromatic rings. The van der Waals surface area contributed by atoms with Crippen LogP contribution in [0.3, 0.4) is 0 Å². The molecule has 1 atom stereocenters. The van der Waals surface area contributed by atoms with E-state index in [1.165, 1.54) is 0 Å². The lowest BCUT2D eigenvalue weighted by Crippen LogP contribution is -2.41. The molecule has 1 unspecified atom stereocenters. The predicted octanol–water partition coefficient (Wildman–Crippen LogP) is 1.35. The van der Waals surface area contributed by atoms with Crippen molar-refractivity contribution < 1.29 is 22.6 Å². The summed E-state index contributed by atoms with van der Waals surface area (Å²) in [6.07, 6.45) is -1.27. The van der Waals surface area contributed by atoms with Crippen molar-refractivity contribution >= 4 is 0 Å². The van der Waals surface area contributed by atoms with Gasteiger partial charge in [0, 0.05) is 6.42 Å². The summed E-state index contributed by atoms with van der Waals surface area (Å²) in [5.74, 6) is -3.36. The van der Waals surface area contributed by atoms with Crippen molar-refractivity contribution in [2.24, 2.45) is 0 Å². The molecule has 0 aromatic heterocycles. The summed E-state index contributed by atoms with van der Waals surface area (Å²) in [4.78, 5) is 0. The van der Waals surface area contributed by atoms with Gasteiger partial charge in [-0.2, -0.15) is 0 Å². The number of hydrogen-bond donors (Lipinski definition) is 0. The van der Waals surface area contributed by atoms with Crippen molar-refractivity contribution in [1.29, 1.82) is 0 Å². The van der Waals surface area contributed by atoms with E-state index in [4.69, 9.17) is 0 Å². The van der Waals surface area contributed by atoms with Crippen molar-refractivity contribution in [3.05, 3.63) is 0 Å². The Labute approximate surface area is 62.3 Å². The van der Waals surface area contributed by atoms with Crippen molar-refractivity contribution in [3.8, 4) is 0 Å². The Morgan fingerprint density at radius 1 is 1.45 bits per heavy atom. The first-order valence-corrected chi connectivity index (χ1v) is 3.30. The Kier molecular flexibility index (Phi) is 2.72. The quantitative estimate of drug-likeness (QED) is 0.622. The van der Waals surface area contributed by atoms with Crippen LogP contribution >= 0.6 is 0 Å². The number of alkyl halides is 3. The summed E-state index contributed by atoms with van der Waals surface area (Å²) in [5, 5.41) is 0. The van der Waals surface area contributed by atoms with Gasteiger partial charge >= 0.3 is 5.92 Å². The highest BCUT2D eigenvalue weighted by Gasteiger charge is 2.41. The Morgan fingerprint density at radius 2 is 2.18 bits per heavy atom. The lowest BCUT2D eigenvalue weighted by atomic mass is 10.1. The molecule has 0 N–H and O–H groups in total. The molecule has 1 fully saturated rings. The zero-order valence-corrected chi connectivity index (χ0v) is 5.86. The van der Waals surface area contributed by atoms with Crippen LogP contribution in [0.2, 0.25) is 0 Å². The average molecular weight is 170 g/mol. The molecule has 5 heteroatoms. The molecule has 11 heavy (non-hydrogen) atoms. The first-order chi connectivity index (χ1) is 5.17. The number of halogens is 3. The summed E-state index contributed by atoms with van der Waals surface area (Å²) in [6, 6.07) is 0. The lowest BCUT2D eigenvalue weighted by molar-refractivity contribution is -0.221. The third kappa shape index (κ3) is 2.07. The van der Waals surface area contributed by atoms with Gasteiger partial charge in [-0.25, -0.2) is 13.2 Å². The summed E-state index contributed by atoms with van der Waals surface area (Å²) < 4.78 is 45.8. The van der Waals surface area contributed by atoms with E-state index < -0.39 is 18.7 Å². The zero-order valence-electron chi connectivity index (χ0n) is 5.86. The van der Waals surface area contributed by atoms with E-state index in [0.717, 1.165) is 0 Å². The van der Waals surface area contributed by atoms with Crippen LogP contribution in [0.5, 0.6) is 0 Å². The first-order valence-electron chi connectivity index (χ1n) is 3.30. The van der Waals surface area contributed by atoms with Crippen LogP contribution < -0.4 is 0 Å². The predicted molar refractivity (Wildman–Crippen MR) is 31.2 cm³/mol. The van der Waals surface area contributed by atoms with Crippen LogP contribution in [-0.2, 0) is 9.47 Å². The van der Waals surface area contributed by atoms with E-state index in [-0.39, 0.29) is 19.8 Å². The van der Waals surface area contributed by atoms with E-state index in [1.807, 2.05) is 0 Å². The molecular formula is C6H9F3O2. The summed E-state index contributed by atoms with van der Waals surface area (Å²) in [7, 11) is 0. The highest BCUT2D eigenvalue weighted by Crippen LogP contribution is 2.26. The summed E-state index contributed by atoms with van der Waals surface area (Å²) in [6.45, 7) is -1.63. The van der Waals surface area contributed by atoms with E-state index in [1.54, 1.807) is 0 Å². The van der Waals surface area contributed by atoms with Gasteiger partial charge in [0.1, 0.15) is 12.9 Å². The third-order valence-electron chi connectivity index (χ3n) is 1.53. The van der Waals surface area contributed by atoms with Gasteiger partial charge in [0.2, 0.25) is 0 Å². The third-order valence-corrected chi connectivity index (χ3v) is 1.53. The largest absolute Gasteiger partial charge is 0.355 e. The van der Waals surface area contributed by atoms with Crippen LogP contribution in [-0.4, -0.2) is 32.1 Å². The molecule has 1 aliphatic rings. The van der Waals surface area contributed by atoms with E-state index >= 15 is 0 Å². The second-order valence-electron chi connectivity index (χ2n) is 2.36. The Hall–Kier alpha value is -0.290. The van der Waals surface area contributed by atoms with E-state index in [2.05, 4.69) is 9.47 Å². The molecule has 1 saturated heterocycles. The smallest absolute Gasteiger partial charge is 0.301 e. The molecule has 0 aliphatic carbocycles. The van der Waals surface area contributed by atoms with Gasteiger partial charge in [0.05, 0.1) is 6.61 Å². The van der Waals surface area contributed by atoms with Crippen LogP contribution in [0.1, 0.15) is 6.42 Å². The highest BCUT2D eigenvalue weighted by atomic mass is 19.3. The number of rotatable bonds is 2. The fourth-order valence-corrected chi connectivity index (χ4v) is 0.882. The van der Waals surface area contributed by atoms with Crippen LogP contribution in [0.15, 0.2) is 0 Å². The van der Waals surface area contributed by atoms with Crippen molar-refractivity contribution in [1.82, 2.24) is 0 Å². The minimum Gasteiger partial charge on any atom is -0.355 e. The minimum atomic E-state index is -3.36. The van der Waals surface area contributed by atoms with Crippen molar-refractivity contribution in [3.63, 3.8) is 0 Å². The summed E-state index contributed by atoms with van der Waals surface area (Å²) in [5.41, 5.74) is 0. The molecule has 0 aromatic carbocycles. The van der Waals surface area contributed by atoms with E-state index in [0.29, 0.717) is 0 Å². The Bertz CT molecular complexity index is 123. The standard InChI is InChI=1S/C6H9F3O2/c7-3-6(8,9)5-1-2-10-4-11-5/h5H,1-4H2. The molecule has 1 rings (SSSR count). The molecule has 0 saturated carbocycles. The van der Waals surface area contributed by atoms with Gasteiger partial charge in [-0.1, -0.05) is 0 Å². The second kappa shape index (κ2) is 3.40. The molecule has 0 amide bonds. The number of hydrogen-bond acceptors (Lipinski definition) is 2. The van der Waals surface area contributed by atoms with Crippen LogP contribution in [0.25, 0.3) is 0 Å². The topological polar surface area (TPSA) is 18.5 Å². The molecule has 0 bridgehead atoms. The first kappa shape index (κ1) is 8.80. The van der Waals surface area contributed by atoms with Crippen molar-refractivity contribution in [2.75, 3.05) is 20.1 Å². The average Bonchev–Trinajstić information content (AvgIpc) is 2.06. The fraction of sp³-hybridized carbons (Fsp3) is 1.00. The molecule has 66 valence electrons. The van der Waals surface area contributed by atoms with Gasteiger partial charge in [-0.3, -0.25) is 0 Å². The fourth-order valence-electron chi connectivity index (χ4n) is 0.882. The van der Waals surface area contributed by atoms with Gasteiger partial charge in [0.25, 0.3) is 0 Å². The lowest BCUT2D eigenvalue weighted by Gasteiger charge is -2.27. The minimum absolute atomic E-state index is 0.0525. The zero-order chi connectivity index (χ0) is 8.32. The molecule has 1 heterocycles. The monoisotopic (exact) mass is 170 g/mol. The van der Waals surface area contributed by atoms with Crippen LogP contribution in [0, 0.1) is 0 Å². The van der Waals surface area contributed by atoms with Gasteiger partial charge in [-0.15, -0.1) is 0 Å². The molecule has 0 radical (unpaired) electrons. The molecular weight excluding hydrogens is 161 g/mol. The van der Waals surface area contributed by atoms with Crippen LogP contribution in [0.4, 0.5) is 13.2 Å². The highest BCUT2D eigenvalue weighted by molar-refractivity contribution is 4.78. The normalized spacial score (nSPS) is 27.0. The summed E-state index contributed by atoms with van der Waals surface area (Å²) >= 11 is 0. The van der Waals surface area contributed by atoms with Gasteiger partial charge in [0.15, 0.2) is 6.67 Å². The second-order valence-corrected chi connectivity index (χ2v) is 2.36.